The summed E-state index contributed by atoms with van der Waals surface area (Å²) >= 11 is 6.41. The van der Waals surface area contributed by atoms with E-state index in [1.807, 2.05) is 16.8 Å². The molecule has 0 aliphatic heterocycles. The van der Waals surface area contributed by atoms with Crippen LogP contribution in [0.1, 0.15) is 16.7 Å². The lowest BCUT2D eigenvalue weighted by Gasteiger charge is -2.10. The molecule has 0 aliphatic carbocycles. The van der Waals surface area contributed by atoms with E-state index in [2.05, 4.69) is 4.72 Å². The first-order chi connectivity index (χ1) is 9.40. The number of rotatable bonds is 5. The highest BCUT2D eigenvalue weighted by Crippen LogP contribution is 2.18. The molecule has 2 rings (SSSR count). The number of benzene rings is 1. The second kappa shape index (κ2) is 6.01. The van der Waals surface area contributed by atoms with Crippen LogP contribution in [0.5, 0.6) is 0 Å². The molecule has 1 heterocycles. The summed E-state index contributed by atoms with van der Waals surface area (Å²) in [4.78, 5) is 0.386. The van der Waals surface area contributed by atoms with Crippen LogP contribution in [-0.4, -0.2) is 13.4 Å². The van der Waals surface area contributed by atoms with E-state index in [4.69, 9.17) is 18.0 Å². The van der Waals surface area contributed by atoms with E-state index in [-0.39, 0.29) is 16.4 Å². The summed E-state index contributed by atoms with van der Waals surface area (Å²) in [6.07, 6.45) is 0. The van der Waals surface area contributed by atoms with Crippen LogP contribution in [0, 0.1) is 6.92 Å². The number of thiocarbonyl (C=S) groups is 1. The minimum atomic E-state index is -3.58. The average molecular weight is 326 g/mol. The fourth-order valence-corrected chi connectivity index (χ4v) is 3.77. The zero-order chi connectivity index (χ0) is 14.8. The Bertz CT molecular complexity index is 722. The van der Waals surface area contributed by atoms with Crippen LogP contribution in [0.25, 0.3) is 0 Å². The summed E-state index contributed by atoms with van der Waals surface area (Å²) in [6.45, 7) is 2.01. The number of nitrogens with two attached hydrogens (primary N) is 1. The molecule has 2 aromatic rings. The Morgan fingerprint density at radius 1 is 1.40 bits per heavy atom. The Labute approximate surface area is 127 Å². The third-order valence-electron chi connectivity index (χ3n) is 2.81. The van der Waals surface area contributed by atoms with E-state index in [9.17, 15) is 8.42 Å². The van der Waals surface area contributed by atoms with Gasteiger partial charge in [0.1, 0.15) is 4.99 Å². The minimum Gasteiger partial charge on any atom is -0.389 e. The Hall–Kier alpha value is -1.28. The Balaban J connectivity index is 2.28. The van der Waals surface area contributed by atoms with Gasteiger partial charge in [0.05, 0.1) is 4.90 Å². The second-order valence-corrected chi connectivity index (χ2v) is 7.26. The molecule has 4 nitrogen and oxygen atoms in total. The molecule has 0 saturated heterocycles. The van der Waals surface area contributed by atoms with E-state index in [1.54, 1.807) is 19.1 Å². The summed E-state index contributed by atoms with van der Waals surface area (Å²) in [6, 6.07) is 6.81. The van der Waals surface area contributed by atoms with Crippen LogP contribution in [0.3, 0.4) is 0 Å². The number of hydrogen-bond acceptors (Lipinski definition) is 4. The van der Waals surface area contributed by atoms with Crippen molar-refractivity contribution in [2.24, 2.45) is 5.73 Å². The predicted octanol–water partition coefficient (Wildman–Crippen LogP) is 2.17. The van der Waals surface area contributed by atoms with Gasteiger partial charge in [-0.2, -0.15) is 11.3 Å². The number of sulfonamides is 1. The summed E-state index contributed by atoms with van der Waals surface area (Å²) in [5, 5.41) is 3.81. The highest BCUT2D eigenvalue weighted by atomic mass is 32.2. The molecule has 1 aromatic carbocycles. The van der Waals surface area contributed by atoms with Crippen LogP contribution < -0.4 is 10.5 Å². The molecule has 0 fully saturated rings. The van der Waals surface area contributed by atoms with E-state index in [1.165, 1.54) is 17.4 Å². The Morgan fingerprint density at radius 2 is 2.15 bits per heavy atom. The summed E-state index contributed by atoms with van der Waals surface area (Å²) in [5.74, 6) is 0. The topological polar surface area (TPSA) is 72.2 Å². The van der Waals surface area contributed by atoms with Crippen molar-refractivity contribution in [3.05, 3.63) is 51.7 Å². The fourth-order valence-electron chi connectivity index (χ4n) is 1.69. The van der Waals surface area contributed by atoms with Crippen molar-refractivity contribution in [2.75, 3.05) is 0 Å². The number of aryl methyl sites for hydroxylation is 1. The number of hydrogen-bond donors (Lipinski definition) is 2. The molecule has 0 bridgehead atoms. The SMILES string of the molecule is Cc1ccc(C(N)=S)cc1S(=O)(=O)NCc1ccsc1. The third kappa shape index (κ3) is 3.43. The average Bonchev–Trinajstić information content (AvgIpc) is 2.89. The molecule has 0 spiro atoms. The van der Waals surface area contributed by atoms with Crippen molar-refractivity contribution in [2.45, 2.75) is 18.4 Å². The molecular weight excluding hydrogens is 312 g/mol. The van der Waals surface area contributed by atoms with Gasteiger partial charge >= 0.3 is 0 Å². The van der Waals surface area contributed by atoms with Crippen molar-refractivity contribution in [1.82, 2.24) is 4.72 Å². The minimum absolute atomic E-state index is 0.180. The lowest BCUT2D eigenvalue weighted by atomic mass is 10.1. The summed E-state index contributed by atoms with van der Waals surface area (Å²) in [7, 11) is -3.58. The van der Waals surface area contributed by atoms with E-state index < -0.39 is 10.0 Å². The zero-order valence-corrected chi connectivity index (χ0v) is 13.2. The van der Waals surface area contributed by atoms with E-state index in [0.717, 1.165) is 5.56 Å². The van der Waals surface area contributed by atoms with E-state index in [0.29, 0.717) is 11.1 Å². The van der Waals surface area contributed by atoms with E-state index >= 15 is 0 Å². The molecule has 106 valence electrons. The van der Waals surface area contributed by atoms with Crippen LogP contribution in [0.15, 0.2) is 39.9 Å². The van der Waals surface area contributed by atoms with Gasteiger partial charge in [0.25, 0.3) is 0 Å². The van der Waals surface area contributed by atoms with Crippen LogP contribution in [-0.2, 0) is 16.6 Å². The molecule has 0 aliphatic rings. The smallest absolute Gasteiger partial charge is 0.241 e. The number of thiophene rings is 1. The molecular formula is C13H14N2O2S3. The Kier molecular flexibility index (Phi) is 4.54. The largest absolute Gasteiger partial charge is 0.389 e. The van der Waals surface area contributed by atoms with Crippen molar-refractivity contribution in [1.29, 1.82) is 0 Å². The first-order valence-corrected chi connectivity index (χ1v) is 8.65. The molecule has 0 amide bonds. The monoisotopic (exact) mass is 326 g/mol. The van der Waals surface area contributed by atoms with Gasteiger partial charge in [-0.1, -0.05) is 24.4 Å². The standard InChI is InChI=1S/C13H14N2O2S3/c1-9-2-3-11(13(14)18)6-12(9)20(16,17)15-7-10-4-5-19-8-10/h2-6,8,15H,7H2,1H3,(H2,14,18). The molecule has 7 heteroatoms. The van der Waals surface area contributed by atoms with Crippen LogP contribution in [0.2, 0.25) is 0 Å². The lowest BCUT2D eigenvalue weighted by Crippen LogP contribution is -2.24. The molecule has 0 unspecified atom stereocenters. The molecule has 3 N–H and O–H groups in total. The summed E-state index contributed by atoms with van der Waals surface area (Å²) < 4.78 is 27.2. The number of nitrogens with one attached hydrogen (secondary N) is 1. The lowest BCUT2D eigenvalue weighted by molar-refractivity contribution is 0.581. The molecule has 20 heavy (non-hydrogen) atoms. The van der Waals surface area contributed by atoms with Crippen LogP contribution in [0.4, 0.5) is 0 Å². The maximum Gasteiger partial charge on any atom is 0.241 e. The normalized spacial score (nSPS) is 11.4. The molecule has 1 aromatic heterocycles. The maximum absolute atomic E-state index is 12.3. The first kappa shape index (κ1) is 15.1. The second-order valence-electron chi connectivity index (χ2n) is 4.30. The molecule has 0 saturated carbocycles. The molecule has 0 atom stereocenters. The first-order valence-electron chi connectivity index (χ1n) is 5.81. The van der Waals surface area contributed by atoms with Gasteiger partial charge in [-0.15, -0.1) is 0 Å². The fraction of sp³-hybridized carbons (Fsp3) is 0.154. The van der Waals surface area contributed by atoms with Gasteiger partial charge in [-0.25, -0.2) is 13.1 Å². The maximum atomic E-state index is 12.3. The Morgan fingerprint density at radius 3 is 2.75 bits per heavy atom. The van der Waals surface area contributed by atoms with Crippen LogP contribution >= 0.6 is 23.6 Å². The van der Waals surface area contributed by atoms with Crippen molar-refractivity contribution >= 4 is 38.6 Å². The predicted molar refractivity (Wildman–Crippen MR) is 85.4 cm³/mol. The van der Waals surface area contributed by atoms with Crippen molar-refractivity contribution in [3.63, 3.8) is 0 Å². The zero-order valence-electron chi connectivity index (χ0n) is 10.8. The van der Waals surface area contributed by atoms with Gasteiger partial charge in [-0.05, 0) is 40.9 Å². The highest BCUT2D eigenvalue weighted by molar-refractivity contribution is 7.89. The van der Waals surface area contributed by atoms with Crippen molar-refractivity contribution in [3.8, 4) is 0 Å². The molecule has 0 radical (unpaired) electrons. The van der Waals surface area contributed by atoms with Crippen molar-refractivity contribution < 1.29 is 8.42 Å². The highest BCUT2D eigenvalue weighted by Gasteiger charge is 2.17. The van der Waals surface area contributed by atoms with Gasteiger partial charge in [0.2, 0.25) is 10.0 Å². The van der Waals surface area contributed by atoms with Gasteiger partial charge in [0, 0.05) is 12.1 Å². The van der Waals surface area contributed by atoms with Gasteiger partial charge in [0.15, 0.2) is 0 Å². The quantitative estimate of drug-likeness (QED) is 0.826. The van der Waals surface area contributed by atoms with Gasteiger partial charge < -0.3 is 5.73 Å². The summed E-state index contributed by atoms with van der Waals surface area (Å²) in [5.41, 5.74) is 7.68. The third-order valence-corrected chi connectivity index (χ3v) is 5.32. The van der Waals surface area contributed by atoms with Gasteiger partial charge in [-0.3, -0.25) is 0 Å².